The van der Waals surface area contributed by atoms with Gasteiger partial charge in [0.25, 0.3) is 0 Å². The van der Waals surface area contributed by atoms with Gasteiger partial charge in [0.2, 0.25) is 0 Å². The van der Waals surface area contributed by atoms with E-state index in [2.05, 4.69) is 48.5 Å². The topological polar surface area (TPSA) is 237 Å². The van der Waals surface area contributed by atoms with Crippen molar-refractivity contribution in [3.8, 4) is 0 Å². The molecule has 3 N–H and O–H groups in total. The quantitative estimate of drug-likeness (QED) is 0.0222. The third-order valence-corrected chi connectivity index (χ3v) is 17.4. The van der Waals surface area contributed by atoms with Gasteiger partial charge in [-0.05, 0) is 43.4 Å². The van der Waals surface area contributed by atoms with Gasteiger partial charge >= 0.3 is 39.5 Å². The zero-order valence-electron chi connectivity index (χ0n) is 55.1. The molecular weight excluding hydrogens is 1130 g/mol. The minimum Gasteiger partial charge on any atom is -0.462 e. The summed E-state index contributed by atoms with van der Waals surface area (Å²) in [7, 11) is -9.89. The second-order valence-electron chi connectivity index (χ2n) is 25.1. The molecule has 19 heteroatoms. The Hall–Kier alpha value is -1.94. The highest BCUT2D eigenvalue weighted by Gasteiger charge is 2.30. The number of hydrogen-bond acceptors (Lipinski definition) is 15. The van der Waals surface area contributed by atoms with E-state index in [0.717, 1.165) is 115 Å². The van der Waals surface area contributed by atoms with E-state index < -0.39 is 97.5 Å². The Balaban J connectivity index is 5.22. The molecule has 504 valence electrons. The molecule has 0 radical (unpaired) electrons. The van der Waals surface area contributed by atoms with Crippen molar-refractivity contribution in [1.29, 1.82) is 0 Å². The Morgan fingerprint density at radius 2 is 0.600 bits per heavy atom. The summed E-state index contributed by atoms with van der Waals surface area (Å²) in [6, 6.07) is 0. The molecule has 0 aromatic carbocycles. The van der Waals surface area contributed by atoms with Gasteiger partial charge in [0.1, 0.15) is 19.3 Å². The predicted molar refractivity (Wildman–Crippen MR) is 340 cm³/mol. The molecule has 0 fully saturated rings. The number of carbonyl (C=O) groups is 4. The first-order valence-corrected chi connectivity index (χ1v) is 37.4. The lowest BCUT2D eigenvalue weighted by Gasteiger charge is -2.21. The monoisotopic (exact) mass is 1250 g/mol. The van der Waals surface area contributed by atoms with Crippen LogP contribution < -0.4 is 0 Å². The first-order valence-electron chi connectivity index (χ1n) is 34.4. The molecule has 3 unspecified atom stereocenters. The van der Waals surface area contributed by atoms with E-state index in [1.807, 2.05) is 0 Å². The lowest BCUT2D eigenvalue weighted by molar-refractivity contribution is -0.161. The highest BCUT2D eigenvalue weighted by Crippen LogP contribution is 2.45. The third kappa shape index (κ3) is 59.5. The van der Waals surface area contributed by atoms with Gasteiger partial charge in [0.15, 0.2) is 12.2 Å². The Labute approximate surface area is 517 Å². The highest BCUT2D eigenvalue weighted by molar-refractivity contribution is 7.47. The molecule has 0 amide bonds. The van der Waals surface area contributed by atoms with Crippen LogP contribution in [0.4, 0.5) is 0 Å². The summed E-state index contributed by atoms with van der Waals surface area (Å²) in [5.41, 5.74) is 0. The number of unbranched alkanes of at least 4 members (excludes halogenated alkanes) is 31. The molecule has 0 heterocycles. The smallest absolute Gasteiger partial charge is 0.462 e. The highest BCUT2D eigenvalue weighted by atomic mass is 31.2. The van der Waals surface area contributed by atoms with Crippen LogP contribution in [0.15, 0.2) is 0 Å². The number of rotatable bonds is 64. The first kappa shape index (κ1) is 83.1. The molecule has 0 aliphatic carbocycles. The summed E-state index contributed by atoms with van der Waals surface area (Å²) >= 11 is 0. The Bertz CT molecular complexity index is 1680. The lowest BCUT2D eigenvalue weighted by atomic mass is 9.99. The Morgan fingerprint density at radius 3 is 0.894 bits per heavy atom. The minimum absolute atomic E-state index is 0.103. The van der Waals surface area contributed by atoms with Crippen molar-refractivity contribution in [3.63, 3.8) is 0 Å². The van der Waals surface area contributed by atoms with Gasteiger partial charge in [0, 0.05) is 25.7 Å². The van der Waals surface area contributed by atoms with Crippen molar-refractivity contribution in [2.24, 2.45) is 17.8 Å². The molecular formula is C66H128O17P2. The normalized spacial score (nSPS) is 14.6. The van der Waals surface area contributed by atoms with Gasteiger partial charge in [-0.1, -0.05) is 273 Å². The van der Waals surface area contributed by atoms with Gasteiger partial charge in [-0.3, -0.25) is 37.3 Å². The van der Waals surface area contributed by atoms with Gasteiger partial charge in [-0.15, -0.1) is 0 Å². The van der Waals surface area contributed by atoms with Crippen LogP contribution in [0.25, 0.3) is 0 Å². The number of ether oxygens (including phenoxy) is 4. The van der Waals surface area contributed by atoms with Crippen LogP contribution in [0.5, 0.6) is 0 Å². The molecule has 0 aromatic rings. The number of hydrogen-bond donors (Lipinski definition) is 3. The number of esters is 4. The summed E-state index contributed by atoms with van der Waals surface area (Å²) < 4.78 is 68.0. The fourth-order valence-corrected chi connectivity index (χ4v) is 11.4. The average Bonchev–Trinajstić information content (AvgIpc) is 3.55. The molecule has 0 aliphatic rings. The van der Waals surface area contributed by atoms with Crippen LogP contribution in [0.2, 0.25) is 0 Å². The number of phosphoric acid groups is 2. The van der Waals surface area contributed by atoms with E-state index in [0.29, 0.717) is 31.6 Å². The molecule has 0 rings (SSSR count). The number of aliphatic hydroxyl groups is 1. The number of aliphatic hydroxyl groups excluding tert-OH is 1. The van der Waals surface area contributed by atoms with Crippen molar-refractivity contribution in [3.05, 3.63) is 0 Å². The third-order valence-electron chi connectivity index (χ3n) is 15.5. The largest absolute Gasteiger partial charge is 0.472 e. The summed E-state index contributed by atoms with van der Waals surface area (Å²) in [5, 5.41) is 10.5. The van der Waals surface area contributed by atoms with E-state index in [1.54, 1.807) is 0 Å². The van der Waals surface area contributed by atoms with Crippen molar-refractivity contribution in [2.45, 2.75) is 343 Å². The van der Waals surface area contributed by atoms with Crippen molar-refractivity contribution < 1.29 is 80.2 Å². The molecule has 0 saturated carbocycles. The SMILES string of the molecule is CCCCCCCCCC(=O)OC[C@H](COP(=O)(O)OC[C@H](O)COP(=O)(O)OC[C@@H](COC(=O)CCCCCCCCCCC(C)CC)OC(=O)CCCCCCCCCCCCCCCC(C)C)OC(=O)CCCCCCCCCC(C)C. The van der Waals surface area contributed by atoms with Gasteiger partial charge in [-0.2, -0.15) is 0 Å². The van der Waals surface area contributed by atoms with Crippen molar-refractivity contribution in [1.82, 2.24) is 0 Å². The molecule has 0 bridgehead atoms. The Morgan fingerprint density at radius 1 is 0.341 bits per heavy atom. The van der Waals surface area contributed by atoms with Gasteiger partial charge in [-0.25, -0.2) is 9.13 Å². The maximum Gasteiger partial charge on any atom is 0.472 e. The van der Waals surface area contributed by atoms with Crippen LogP contribution in [0, 0.1) is 17.8 Å². The summed E-state index contributed by atoms with van der Waals surface area (Å²) in [6.45, 7) is 11.7. The second kappa shape index (κ2) is 57.2. The zero-order chi connectivity index (χ0) is 63.1. The fraction of sp³-hybridized carbons (Fsp3) is 0.939. The van der Waals surface area contributed by atoms with E-state index in [1.165, 1.54) is 122 Å². The molecule has 0 aromatic heterocycles. The minimum atomic E-state index is -4.95. The van der Waals surface area contributed by atoms with Gasteiger partial charge < -0.3 is 33.8 Å². The second-order valence-corrected chi connectivity index (χ2v) is 28.0. The van der Waals surface area contributed by atoms with E-state index >= 15 is 0 Å². The predicted octanol–water partition coefficient (Wildman–Crippen LogP) is 18.3. The molecule has 85 heavy (non-hydrogen) atoms. The first-order chi connectivity index (χ1) is 40.8. The number of phosphoric ester groups is 2. The summed E-state index contributed by atoms with van der Waals surface area (Å²) in [5.74, 6) is 0.122. The van der Waals surface area contributed by atoms with Gasteiger partial charge in [0.05, 0.1) is 26.4 Å². The average molecular weight is 1260 g/mol. The van der Waals surface area contributed by atoms with E-state index in [9.17, 15) is 43.2 Å². The molecule has 17 nitrogen and oxygen atoms in total. The standard InChI is InChI=1S/C66H128O17P2/c1-8-10-11-12-23-33-40-47-63(68)76-53-61(83-66(71)50-43-36-29-22-25-31-38-45-58(5)6)55-80-84(72,73)78-51-60(67)52-79-85(74,75)81-56-62(54-77-64(69)48-41-34-27-21-20-26-32-39-46-59(7)9-2)82-65(70)49-42-35-28-19-17-15-13-14-16-18-24-30-37-44-57(3)4/h57-62,67H,8-56H2,1-7H3,(H,72,73)(H,74,75)/t59?,60-,61+,62+/m0/s1. The van der Waals surface area contributed by atoms with E-state index in [-0.39, 0.29) is 25.7 Å². The molecule has 0 saturated heterocycles. The van der Waals surface area contributed by atoms with Crippen molar-refractivity contribution in [2.75, 3.05) is 39.6 Å². The summed E-state index contributed by atoms with van der Waals surface area (Å²) in [4.78, 5) is 72.2. The fourth-order valence-electron chi connectivity index (χ4n) is 9.80. The van der Waals surface area contributed by atoms with Crippen LogP contribution >= 0.6 is 15.6 Å². The maximum absolute atomic E-state index is 13.0. The molecule has 0 spiro atoms. The molecule has 6 atom stereocenters. The lowest BCUT2D eigenvalue weighted by Crippen LogP contribution is -2.30. The van der Waals surface area contributed by atoms with Crippen LogP contribution in [0.3, 0.4) is 0 Å². The Kier molecular flexibility index (Phi) is 55.9. The van der Waals surface area contributed by atoms with Crippen LogP contribution in [0.1, 0.15) is 325 Å². The van der Waals surface area contributed by atoms with E-state index in [4.69, 9.17) is 37.0 Å². The van der Waals surface area contributed by atoms with Crippen LogP contribution in [-0.2, 0) is 65.4 Å². The zero-order valence-corrected chi connectivity index (χ0v) is 56.9. The van der Waals surface area contributed by atoms with Crippen LogP contribution in [-0.4, -0.2) is 96.7 Å². The maximum atomic E-state index is 13.0. The van der Waals surface area contributed by atoms with Crippen molar-refractivity contribution >= 4 is 39.5 Å². The molecule has 0 aliphatic heterocycles. The number of carbonyl (C=O) groups excluding carboxylic acids is 4. The summed E-state index contributed by atoms with van der Waals surface area (Å²) in [6.07, 6.45) is 39.1.